The predicted molar refractivity (Wildman–Crippen MR) is 132 cm³/mol. The van der Waals surface area contributed by atoms with Gasteiger partial charge in [0.1, 0.15) is 0 Å². The molecule has 30 heavy (non-hydrogen) atoms. The Morgan fingerprint density at radius 2 is 1.67 bits per heavy atom. The molecule has 0 unspecified atom stereocenters. The summed E-state index contributed by atoms with van der Waals surface area (Å²) in [6, 6.07) is 20.4. The summed E-state index contributed by atoms with van der Waals surface area (Å²) in [7, 11) is -3.82. The molecule has 0 aliphatic carbocycles. The number of carbonyl (C=O) groups is 1. The number of halogens is 1. The standard InChI is InChI=1S/C20H17IN2O4S3/c21-14-5-9-16(10-6-14)29-13-20(24)22-15-7-11-17(12-8-15)30(25,26)23-18-3-1-2-4-19(18)27-28/h1-12,23,28H,13H2,(H,22,24). The van der Waals surface area contributed by atoms with Gasteiger partial charge in [0.05, 0.1) is 16.3 Å². The Labute approximate surface area is 198 Å². The molecule has 0 saturated carbocycles. The van der Waals surface area contributed by atoms with Crippen LogP contribution in [0.1, 0.15) is 0 Å². The SMILES string of the molecule is O=C(CSc1ccc(I)cc1)Nc1ccc(S(=O)(=O)Nc2ccccc2OS)cc1. The van der Waals surface area contributed by atoms with Crippen molar-refractivity contribution in [2.45, 2.75) is 9.79 Å². The summed E-state index contributed by atoms with van der Waals surface area (Å²) in [5.41, 5.74) is 0.791. The van der Waals surface area contributed by atoms with Crippen LogP contribution in [0.2, 0.25) is 0 Å². The summed E-state index contributed by atoms with van der Waals surface area (Å²) >= 11 is 7.38. The van der Waals surface area contributed by atoms with Gasteiger partial charge in [-0.3, -0.25) is 9.52 Å². The molecule has 0 aliphatic rings. The molecule has 3 aromatic rings. The molecule has 3 rings (SSSR count). The maximum atomic E-state index is 12.6. The first kappa shape index (κ1) is 22.8. The molecule has 3 aromatic carbocycles. The summed E-state index contributed by atoms with van der Waals surface area (Å²) in [6.07, 6.45) is 0. The van der Waals surface area contributed by atoms with Crippen molar-refractivity contribution in [3.05, 3.63) is 76.4 Å². The molecule has 6 nitrogen and oxygen atoms in total. The lowest BCUT2D eigenvalue weighted by Gasteiger charge is -2.11. The van der Waals surface area contributed by atoms with Crippen LogP contribution in [0.3, 0.4) is 0 Å². The number of hydrogen-bond acceptors (Lipinski definition) is 6. The van der Waals surface area contributed by atoms with Gasteiger partial charge in [0.2, 0.25) is 5.91 Å². The zero-order valence-electron chi connectivity index (χ0n) is 15.4. The minimum absolute atomic E-state index is 0.0581. The highest BCUT2D eigenvalue weighted by Crippen LogP contribution is 2.27. The van der Waals surface area contributed by atoms with Crippen molar-refractivity contribution in [3.8, 4) is 5.75 Å². The lowest BCUT2D eigenvalue weighted by Crippen LogP contribution is -2.15. The van der Waals surface area contributed by atoms with E-state index in [-0.39, 0.29) is 22.2 Å². The Kier molecular flexibility index (Phi) is 7.92. The number of sulfonamides is 1. The van der Waals surface area contributed by atoms with Crippen LogP contribution in [0.15, 0.2) is 82.6 Å². The van der Waals surface area contributed by atoms with Crippen LogP contribution >= 0.6 is 47.3 Å². The third-order valence-electron chi connectivity index (χ3n) is 3.86. The number of anilines is 2. The molecule has 0 atom stereocenters. The van der Waals surface area contributed by atoms with Crippen LogP contribution in [-0.4, -0.2) is 20.1 Å². The van der Waals surface area contributed by atoms with Gasteiger partial charge in [0.15, 0.2) is 5.75 Å². The highest BCUT2D eigenvalue weighted by Gasteiger charge is 2.16. The maximum Gasteiger partial charge on any atom is 0.262 e. The summed E-state index contributed by atoms with van der Waals surface area (Å²) in [6.45, 7) is 0. The number of benzene rings is 3. The molecule has 156 valence electrons. The van der Waals surface area contributed by atoms with E-state index in [4.69, 9.17) is 4.18 Å². The fourth-order valence-electron chi connectivity index (χ4n) is 2.43. The first-order chi connectivity index (χ1) is 14.4. The van der Waals surface area contributed by atoms with Crippen LogP contribution in [0.5, 0.6) is 5.75 Å². The fraction of sp³-hybridized carbons (Fsp3) is 0.0500. The minimum atomic E-state index is -3.82. The predicted octanol–water partition coefficient (Wildman–Crippen LogP) is 5.05. The van der Waals surface area contributed by atoms with Crippen LogP contribution in [0.25, 0.3) is 0 Å². The molecule has 1 amide bonds. The van der Waals surface area contributed by atoms with E-state index in [1.165, 1.54) is 23.9 Å². The zero-order chi connectivity index (χ0) is 21.6. The summed E-state index contributed by atoms with van der Waals surface area (Å²) < 4.78 is 33.7. The van der Waals surface area contributed by atoms with Gasteiger partial charge in [0.25, 0.3) is 10.0 Å². The second-order valence-corrected chi connectivity index (χ2v) is 10.2. The highest BCUT2D eigenvalue weighted by atomic mass is 127. The van der Waals surface area contributed by atoms with Gasteiger partial charge in [0, 0.05) is 27.1 Å². The molecule has 0 saturated heterocycles. The van der Waals surface area contributed by atoms with Gasteiger partial charge in [-0.15, -0.1) is 11.8 Å². The van der Waals surface area contributed by atoms with Crippen molar-refractivity contribution < 1.29 is 17.4 Å². The lowest BCUT2D eigenvalue weighted by atomic mass is 10.3. The van der Waals surface area contributed by atoms with Gasteiger partial charge in [-0.25, -0.2) is 8.42 Å². The molecular weight excluding hydrogens is 555 g/mol. The highest BCUT2D eigenvalue weighted by molar-refractivity contribution is 14.1. The van der Waals surface area contributed by atoms with Crippen molar-refractivity contribution in [1.29, 1.82) is 0 Å². The monoisotopic (exact) mass is 572 g/mol. The Hall–Kier alpha value is -1.89. The average Bonchev–Trinajstić information content (AvgIpc) is 2.74. The summed E-state index contributed by atoms with van der Waals surface area (Å²) in [5.74, 6) is 0.369. The first-order valence-corrected chi connectivity index (χ1v) is 12.5. The van der Waals surface area contributed by atoms with Gasteiger partial charge in [-0.1, -0.05) is 12.1 Å². The third-order valence-corrected chi connectivity index (χ3v) is 7.17. The van der Waals surface area contributed by atoms with E-state index in [9.17, 15) is 13.2 Å². The second kappa shape index (κ2) is 10.4. The normalized spacial score (nSPS) is 11.0. The second-order valence-electron chi connectivity index (χ2n) is 6.01. The Morgan fingerprint density at radius 1 is 1.00 bits per heavy atom. The molecule has 0 aliphatic heterocycles. The van der Waals surface area contributed by atoms with Crippen LogP contribution < -0.4 is 14.2 Å². The molecule has 0 bridgehead atoms. The largest absolute Gasteiger partial charge is 0.427 e. The topological polar surface area (TPSA) is 84.5 Å². The Morgan fingerprint density at radius 3 is 2.33 bits per heavy atom. The quantitative estimate of drug-likeness (QED) is 0.152. The van der Waals surface area contributed by atoms with E-state index in [0.29, 0.717) is 11.4 Å². The first-order valence-electron chi connectivity index (χ1n) is 8.59. The van der Waals surface area contributed by atoms with Crippen molar-refractivity contribution in [3.63, 3.8) is 0 Å². The van der Waals surface area contributed by atoms with Crippen molar-refractivity contribution >= 4 is 74.6 Å². The maximum absolute atomic E-state index is 12.6. The van der Waals surface area contributed by atoms with E-state index < -0.39 is 10.0 Å². The number of thiol groups is 1. The molecule has 10 heteroatoms. The lowest BCUT2D eigenvalue weighted by molar-refractivity contribution is -0.113. The van der Waals surface area contributed by atoms with Gasteiger partial charge in [-0.2, -0.15) is 0 Å². The van der Waals surface area contributed by atoms with Gasteiger partial charge >= 0.3 is 0 Å². The van der Waals surface area contributed by atoms with Crippen LogP contribution in [0, 0.1) is 3.57 Å². The molecular formula is C20H17IN2O4S3. The molecule has 0 aromatic heterocycles. The number of thioether (sulfide) groups is 1. The molecule has 0 spiro atoms. The zero-order valence-corrected chi connectivity index (χ0v) is 20.1. The van der Waals surface area contributed by atoms with E-state index in [0.717, 1.165) is 8.47 Å². The molecule has 0 fully saturated rings. The van der Waals surface area contributed by atoms with Crippen LogP contribution in [-0.2, 0) is 14.8 Å². The Balaban J connectivity index is 1.61. The molecule has 0 radical (unpaired) electrons. The van der Waals surface area contributed by atoms with E-state index in [1.807, 2.05) is 24.3 Å². The van der Waals surface area contributed by atoms with Gasteiger partial charge in [-0.05, 0) is 83.3 Å². The molecule has 0 heterocycles. The van der Waals surface area contributed by atoms with E-state index in [2.05, 4.69) is 45.5 Å². The van der Waals surface area contributed by atoms with Crippen molar-refractivity contribution in [2.24, 2.45) is 0 Å². The van der Waals surface area contributed by atoms with E-state index in [1.54, 1.807) is 36.4 Å². The van der Waals surface area contributed by atoms with E-state index >= 15 is 0 Å². The van der Waals surface area contributed by atoms with Crippen molar-refractivity contribution in [1.82, 2.24) is 0 Å². The minimum Gasteiger partial charge on any atom is -0.427 e. The van der Waals surface area contributed by atoms with Gasteiger partial charge < -0.3 is 9.50 Å². The fourth-order valence-corrected chi connectivity index (χ4v) is 4.72. The number of rotatable bonds is 8. The summed E-state index contributed by atoms with van der Waals surface area (Å²) in [5, 5.41) is 2.76. The summed E-state index contributed by atoms with van der Waals surface area (Å²) in [4.78, 5) is 13.2. The average molecular weight is 572 g/mol. The van der Waals surface area contributed by atoms with Crippen LogP contribution in [0.4, 0.5) is 11.4 Å². The van der Waals surface area contributed by atoms with Crippen molar-refractivity contribution in [2.75, 3.05) is 15.8 Å². The Bertz CT molecular complexity index is 1120. The number of carbonyl (C=O) groups excluding carboxylic acids is 1. The molecule has 2 N–H and O–H groups in total. The number of amides is 1. The third kappa shape index (κ3) is 6.30. The number of nitrogens with one attached hydrogen (secondary N) is 2. The number of para-hydroxylation sites is 2. The smallest absolute Gasteiger partial charge is 0.262 e. The number of hydrogen-bond donors (Lipinski definition) is 3.